The summed E-state index contributed by atoms with van der Waals surface area (Å²) in [6.07, 6.45) is 6.62. The SMILES string of the molecule is Cc1ccc(C(C)NC(=O)/C=C/c2ccncc2)o1. The molecule has 0 bridgehead atoms. The quantitative estimate of drug-likeness (QED) is 0.856. The van der Waals surface area contributed by atoms with Gasteiger partial charge in [0.15, 0.2) is 0 Å². The molecule has 0 aromatic carbocycles. The number of hydrogen-bond acceptors (Lipinski definition) is 3. The summed E-state index contributed by atoms with van der Waals surface area (Å²) in [5, 5.41) is 2.84. The Morgan fingerprint density at radius 2 is 2.05 bits per heavy atom. The van der Waals surface area contributed by atoms with Gasteiger partial charge in [0, 0.05) is 18.5 Å². The number of nitrogens with one attached hydrogen (secondary N) is 1. The number of hydrogen-bond donors (Lipinski definition) is 1. The molecule has 0 fully saturated rings. The van der Waals surface area contributed by atoms with E-state index in [1.807, 2.05) is 38.1 Å². The molecular weight excluding hydrogens is 240 g/mol. The van der Waals surface area contributed by atoms with E-state index in [4.69, 9.17) is 4.42 Å². The van der Waals surface area contributed by atoms with Gasteiger partial charge in [0.1, 0.15) is 11.5 Å². The highest BCUT2D eigenvalue weighted by atomic mass is 16.3. The number of furan rings is 1. The molecule has 98 valence electrons. The molecule has 1 unspecified atom stereocenters. The van der Waals surface area contributed by atoms with Crippen LogP contribution in [0.1, 0.15) is 30.0 Å². The first-order chi connectivity index (χ1) is 9.15. The van der Waals surface area contributed by atoms with Gasteiger partial charge < -0.3 is 9.73 Å². The summed E-state index contributed by atoms with van der Waals surface area (Å²) in [4.78, 5) is 15.7. The van der Waals surface area contributed by atoms with E-state index in [1.165, 1.54) is 6.08 Å². The normalized spacial score (nSPS) is 12.5. The van der Waals surface area contributed by atoms with Crippen LogP contribution < -0.4 is 5.32 Å². The van der Waals surface area contributed by atoms with Crippen molar-refractivity contribution in [3.63, 3.8) is 0 Å². The maximum absolute atomic E-state index is 11.8. The minimum absolute atomic E-state index is 0.150. The second-order valence-electron chi connectivity index (χ2n) is 4.29. The van der Waals surface area contributed by atoms with Crippen molar-refractivity contribution in [1.29, 1.82) is 0 Å². The lowest BCUT2D eigenvalue weighted by molar-refractivity contribution is -0.117. The van der Waals surface area contributed by atoms with Gasteiger partial charge in [-0.3, -0.25) is 9.78 Å². The van der Waals surface area contributed by atoms with Crippen LogP contribution in [0.5, 0.6) is 0 Å². The van der Waals surface area contributed by atoms with E-state index >= 15 is 0 Å². The van der Waals surface area contributed by atoms with Crippen LogP contribution in [0.15, 0.2) is 47.2 Å². The van der Waals surface area contributed by atoms with E-state index in [-0.39, 0.29) is 11.9 Å². The van der Waals surface area contributed by atoms with Crippen LogP contribution >= 0.6 is 0 Å². The van der Waals surface area contributed by atoms with Crippen LogP contribution in [0, 0.1) is 6.92 Å². The third kappa shape index (κ3) is 3.81. The largest absolute Gasteiger partial charge is 0.464 e. The lowest BCUT2D eigenvalue weighted by atomic mass is 10.2. The van der Waals surface area contributed by atoms with Crippen LogP contribution in [0.2, 0.25) is 0 Å². The van der Waals surface area contributed by atoms with E-state index in [0.29, 0.717) is 0 Å². The molecule has 2 aromatic heterocycles. The molecule has 0 aliphatic carbocycles. The average Bonchev–Trinajstić information content (AvgIpc) is 2.84. The molecule has 0 radical (unpaired) electrons. The van der Waals surface area contributed by atoms with Gasteiger partial charge in [-0.05, 0) is 49.8 Å². The zero-order chi connectivity index (χ0) is 13.7. The summed E-state index contributed by atoms with van der Waals surface area (Å²) in [5.74, 6) is 1.44. The van der Waals surface area contributed by atoms with Crippen molar-refractivity contribution in [2.24, 2.45) is 0 Å². The third-order valence-corrected chi connectivity index (χ3v) is 2.68. The van der Waals surface area contributed by atoms with E-state index in [0.717, 1.165) is 17.1 Å². The van der Waals surface area contributed by atoms with Crippen LogP contribution in [-0.2, 0) is 4.79 Å². The Labute approximate surface area is 112 Å². The minimum Gasteiger partial charge on any atom is -0.464 e. The number of nitrogens with zero attached hydrogens (tertiary/aromatic N) is 1. The molecule has 0 aliphatic rings. The van der Waals surface area contributed by atoms with E-state index < -0.39 is 0 Å². The van der Waals surface area contributed by atoms with Crippen LogP contribution in [-0.4, -0.2) is 10.9 Å². The number of aryl methyl sites for hydroxylation is 1. The van der Waals surface area contributed by atoms with E-state index in [9.17, 15) is 4.79 Å². The van der Waals surface area contributed by atoms with Crippen molar-refractivity contribution >= 4 is 12.0 Å². The smallest absolute Gasteiger partial charge is 0.244 e. The standard InChI is InChI=1S/C15H16N2O2/c1-11-3-5-14(19-11)12(2)17-15(18)6-4-13-7-9-16-10-8-13/h3-10,12H,1-2H3,(H,17,18)/b6-4+. The van der Waals surface area contributed by atoms with E-state index in [1.54, 1.807) is 18.5 Å². The van der Waals surface area contributed by atoms with Gasteiger partial charge in [0.25, 0.3) is 0 Å². The van der Waals surface area contributed by atoms with Crippen molar-refractivity contribution in [1.82, 2.24) is 10.3 Å². The lowest BCUT2D eigenvalue weighted by Crippen LogP contribution is -2.24. The number of amides is 1. The van der Waals surface area contributed by atoms with Gasteiger partial charge in [-0.15, -0.1) is 0 Å². The maximum atomic E-state index is 11.8. The maximum Gasteiger partial charge on any atom is 0.244 e. The first-order valence-corrected chi connectivity index (χ1v) is 6.10. The Morgan fingerprint density at radius 3 is 2.68 bits per heavy atom. The van der Waals surface area contributed by atoms with Gasteiger partial charge >= 0.3 is 0 Å². The first kappa shape index (κ1) is 13.1. The van der Waals surface area contributed by atoms with Crippen LogP contribution in [0.25, 0.3) is 6.08 Å². The summed E-state index contributed by atoms with van der Waals surface area (Å²) >= 11 is 0. The first-order valence-electron chi connectivity index (χ1n) is 6.10. The summed E-state index contributed by atoms with van der Waals surface area (Å²) < 4.78 is 5.46. The molecule has 4 nitrogen and oxygen atoms in total. The van der Waals surface area contributed by atoms with Crippen molar-refractivity contribution < 1.29 is 9.21 Å². The fraction of sp³-hybridized carbons (Fsp3) is 0.200. The number of aromatic nitrogens is 1. The Bertz CT molecular complexity index is 573. The Kier molecular flexibility index (Phi) is 4.13. The van der Waals surface area contributed by atoms with Crippen molar-refractivity contribution in [2.75, 3.05) is 0 Å². The molecule has 0 saturated heterocycles. The van der Waals surface area contributed by atoms with Crippen molar-refractivity contribution in [3.05, 3.63) is 59.8 Å². The van der Waals surface area contributed by atoms with Gasteiger partial charge in [0.2, 0.25) is 5.91 Å². The molecule has 2 rings (SSSR count). The number of carbonyl (C=O) groups is 1. The monoisotopic (exact) mass is 256 g/mol. The number of rotatable bonds is 4. The summed E-state index contributed by atoms with van der Waals surface area (Å²) in [7, 11) is 0. The Hall–Kier alpha value is -2.36. The minimum atomic E-state index is -0.154. The fourth-order valence-electron chi connectivity index (χ4n) is 1.67. The molecule has 0 aliphatic heterocycles. The molecule has 0 spiro atoms. The zero-order valence-corrected chi connectivity index (χ0v) is 11.0. The zero-order valence-electron chi connectivity index (χ0n) is 11.0. The summed E-state index contributed by atoms with van der Waals surface area (Å²) in [6, 6.07) is 7.27. The van der Waals surface area contributed by atoms with Gasteiger partial charge in [-0.25, -0.2) is 0 Å². The molecule has 1 amide bonds. The highest BCUT2D eigenvalue weighted by Gasteiger charge is 2.10. The molecule has 1 atom stereocenters. The lowest BCUT2D eigenvalue weighted by Gasteiger charge is -2.09. The molecular formula is C15H16N2O2. The Balaban J connectivity index is 1.93. The van der Waals surface area contributed by atoms with Crippen LogP contribution in [0.4, 0.5) is 0 Å². The highest BCUT2D eigenvalue weighted by molar-refractivity contribution is 5.91. The predicted octanol–water partition coefficient (Wildman–Crippen LogP) is 2.87. The molecule has 2 aromatic rings. The fourth-order valence-corrected chi connectivity index (χ4v) is 1.67. The molecule has 1 N–H and O–H groups in total. The van der Waals surface area contributed by atoms with Crippen molar-refractivity contribution in [2.45, 2.75) is 19.9 Å². The predicted molar refractivity (Wildman–Crippen MR) is 73.3 cm³/mol. The summed E-state index contributed by atoms with van der Waals surface area (Å²) in [6.45, 7) is 3.76. The topological polar surface area (TPSA) is 55.1 Å². The van der Waals surface area contributed by atoms with Crippen LogP contribution in [0.3, 0.4) is 0 Å². The van der Waals surface area contributed by atoms with Gasteiger partial charge in [-0.2, -0.15) is 0 Å². The van der Waals surface area contributed by atoms with E-state index in [2.05, 4.69) is 10.3 Å². The molecule has 0 saturated carbocycles. The molecule has 4 heteroatoms. The van der Waals surface area contributed by atoms with Gasteiger partial charge in [-0.1, -0.05) is 0 Å². The average molecular weight is 256 g/mol. The Morgan fingerprint density at radius 1 is 1.32 bits per heavy atom. The number of carbonyl (C=O) groups excluding carboxylic acids is 1. The second kappa shape index (κ2) is 6.00. The number of pyridine rings is 1. The van der Waals surface area contributed by atoms with Gasteiger partial charge in [0.05, 0.1) is 6.04 Å². The molecule has 19 heavy (non-hydrogen) atoms. The second-order valence-corrected chi connectivity index (χ2v) is 4.29. The third-order valence-electron chi connectivity index (χ3n) is 2.68. The highest BCUT2D eigenvalue weighted by Crippen LogP contribution is 2.15. The van der Waals surface area contributed by atoms with Crippen molar-refractivity contribution in [3.8, 4) is 0 Å². The summed E-state index contributed by atoms with van der Waals surface area (Å²) in [5.41, 5.74) is 0.937. The molecule has 2 heterocycles.